The molecule has 3 atom stereocenters. The van der Waals surface area contributed by atoms with E-state index in [1.807, 2.05) is 4.74 Å². The molecule has 21 heteroatoms. The van der Waals surface area contributed by atoms with Crippen LogP contribution in [0.15, 0.2) is 0 Å². The minimum atomic E-state index is -8.06. The van der Waals surface area contributed by atoms with Crippen molar-refractivity contribution in [2.24, 2.45) is 5.41 Å². The predicted octanol–water partition coefficient (Wildman–Crippen LogP) is 6.84. The van der Waals surface area contributed by atoms with Crippen LogP contribution in [0.5, 0.6) is 0 Å². The van der Waals surface area contributed by atoms with Gasteiger partial charge in [0.25, 0.3) is 0 Å². The number of ether oxygens (including phenoxy) is 3. The van der Waals surface area contributed by atoms with E-state index in [9.17, 15) is 79.4 Å². The van der Waals surface area contributed by atoms with E-state index in [-0.39, 0.29) is 0 Å². The van der Waals surface area contributed by atoms with Crippen LogP contribution < -0.4 is 0 Å². The number of halogens is 17. The molecule has 0 spiro atoms. The number of hydrogen-bond acceptors (Lipinski definition) is 4. The third-order valence-electron chi connectivity index (χ3n) is 4.13. The van der Waals surface area contributed by atoms with E-state index in [1.165, 1.54) is 4.74 Å². The standard InChI is InChI=1S/C15H13F17O4/c1-5(7(2,3)4)34-6(33)8(16,11(20,21)22)35-15(31,32)10(19,13(26,27)28)36-14(29,30)9(17,18)12(23,24)25/h5H,1-4H3/t5-,8+,10+/m0/s1. The highest BCUT2D eigenvalue weighted by Gasteiger charge is 2.85. The van der Waals surface area contributed by atoms with Crippen LogP contribution in [0.4, 0.5) is 74.6 Å². The quantitative estimate of drug-likeness (QED) is 0.233. The first-order valence-corrected chi connectivity index (χ1v) is 8.54. The van der Waals surface area contributed by atoms with Crippen LogP contribution in [0.1, 0.15) is 27.7 Å². The van der Waals surface area contributed by atoms with Gasteiger partial charge in [-0.3, -0.25) is 9.47 Å². The van der Waals surface area contributed by atoms with Crippen LogP contribution in [0.3, 0.4) is 0 Å². The molecule has 0 aromatic rings. The summed E-state index contributed by atoms with van der Waals surface area (Å²) in [5, 5.41) is 0. The number of carbonyl (C=O) groups excluding carboxylic acids is 1. The maximum absolute atomic E-state index is 14.3. The van der Waals surface area contributed by atoms with Crippen molar-refractivity contribution < 1.29 is 93.6 Å². The van der Waals surface area contributed by atoms with Gasteiger partial charge in [-0.25, -0.2) is 4.79 Å². The van der Waals surface area contributed by atoms with Gasteiger partial charge in [-0.05, 0) is 12.3 Å². The van der Waals surface area contributed by atoms with Crippen molar-refractivity contribution in [3.05, 3.63) is 0 Å². The number of carbonyl (C=O) groups is 1. The van der Waals surface area contributed by atoms with Crippen molar-refractivity contribution >= 4 is 5.97 Å². The van der Waals surface area contributed by atoms with E-state index >= 15 is 0 Å². The van der Waals surface area contributed by atoms with Crippen LogP contribution in [-0.2, 0) is 19.0 Å². The Morgan fingerprint density at radius 3 is 1.25 bits per heavy atom. The molecule has 36 heavy (non-hydrogen) atoms. The Morgan fingerprint density at radius 2 is 0.972 bits per heavy atom. The van der Waals surface area contributed by atoms with Crippen molar-refractivity contribution in [1.82, 2.24) is 0 Å². The van der Waals surface area contributed by atoms with Crippen molar-refractivity contribution in [2.75, 3.05) is 0 Å². The molecular formula is C15H13F17O4. The Balaban J connectivity index is 6.78. The Hall–Kier alpha value is -1.80. The molecule has 0 amide bonds. The second-order valence-electron chi connectivity index (χ2n) is 7.91. The molecule has 0 saturated heterocycles. The van der Waals surface area contributed by atoms with Gasteiger partial charge < -0.3 is 4.74 Å². The van der Waals surface area contributed by atoms with Crippen molar-refractivity contribution in [3.63, 3.8) is 0 Å². The number of hydrogen-bond donors (Lipinski definition) is 0. The summed E-state index contributed by atoms with van der Waals surface area (Å²) in [5.74, 6) is -26.4. The fourth-order valence-corrected chi connectivity index (χ4v) is 1.56. The molecule has 0 aromatic carbocycles. The van der Waals surface area contributed by atoms with E-state index < -0.39 is 65.9 Å². The fourth-order valence-electron chi connectivity index (χ4n) is 1.56. The number of esters is 1. The summed E-state index contributed by atoms with van der Waals surface area (Å²) < 4.78 is 229. The lowest BCUT2D eigenvalue weighted by Gasteiger charge is -2.40. The van der Waals surface area contributed by atoms with E-state index in [0.717, 1.165) is 20.8 Å². The first-order valence-electron chi connectivity index (χ1n) is 8.54. The summed E-state index contributed by atoms with van der Waals surface area (Å²) in [4.78, 5) is 11.6. The first-order chi connectivity index (χ1) is 15.2. The van der Waals surface area contributed by atoms with Gasteiger partial charge in [-0.2, -0.15) is 74.6 Å². The average molecular weight is 580 g/mol. The van der Waals surface area contributed by atoms with Gasteiger partial charge >= 0.3 is 54.3 Å². The van der Waals surface area contributed by atoms with Gasteiger partial charge in [-0.15, -0.1) is 0 Å². The van der Waals surface area contributed by atoms with E-state index in [0.29, 0.717) is 6.92 Å². The Labute approximate surface area is 188 Å². The van der Waals surface area contributed by atoms with Gasteiger partial charge in [0.1, 0.15) is 6.10 Å². The molecule has 216 valence electrons. The number of alkyl halides is 17. The third-order valence-corrected chi connectivity index (χ3v) is 4.13. The maximum atomic E-state index is 14.3. The van der Waals surface area contributed by atoms with Gasteiger partial charge in [0.05, 0.1) is 0 Å². The molecule has 0 radical (unpaired) electrons. The second kappa shape index (κ2) is 9.19. The first kappa shape index (κ1) is 34.2. The lowest BCUT2D eigenvalue weighted by Crippen LogP contribution is -2.68. The van der Waals surface area contributed by atoms with E-state index in [4.69, 9.17) is 0 Å². The summed E-state index contributed by atoms with van der Waals surface area (Å²) in [6.07, 6.45) is -40.5. The zero-order chi connectivity index (χ0) is 29.8. The molecule has 0 saturated carbocycles. The summed E-state index contributed by atoms with van der Waals surface area (Å²) in [6.45, 7) is 3.90. The van der Waals surface area contributed by atoms with E-state index in [2.05, 4.69) is 4.74 Å². The highest BCUT2D eigenvalue weighted by Crippen LogP contribution is 2.56. The lowest BCUT2D eigenvalue weighted by molar-refractivity contribution is -0.548. The lowest BCUT2D eigenvalue weighted by atomic mass is 9.90. The minimum Gasteiger partial charge on any atom is -0.458 e. The number of rotatable bonds is 8. The molecule has 0 fully saturated rings. The molecule has 0 heterocycles. The molecule has 4 nitrogen and oxygen atoms in total. The zero-order valence-electron chi connectivity index (χ0n) is 17.6. The smallest absolute Gasteiger partial charge is 0.458 e. The molecule has 0 bridgehead atoms. The fraction of sp³-hybridized carbons (Fsp3) is 0.933. The molecule has 0 aliphatic rings. The Morgan fingerprint density at radius 1 is 0.583 bits per heavy atom. The van der Waals surface area contributed by atoms with Gasteiger partial charge in [-0.1, -0.05) is 20.8 Å². The van der Waals surface area contributed by atoms with Crippen LogP contribution >= 0.6 is 0 Å². The average Bonchev–Trinajstić information content (AvgIpc) is 2.56. The molecule has 0 aromatic heterocycles. The van der Waals surface area contributed by atoms with Crippen LogP contribution in [0.25, 0.3) is 0 Å². The minimum absolute atomic E-state index is 0.685. The van der Waals surface area contributed by atoms with Gasteiger partial charge in [0.15, 0.2) is 0 Å². The Bertz CT molecular complexity index is 794. The van der Waals surface area contributed by atoms with Crippen LogP contribution in [-0.4, -0.2) is 60.5 Å². The third kappa shape index (κ3) is 6.18. The second-order valence-corrected chi connectivity index (χ2v) is 7.91. The van der Waals surface area contributed by atoms with Crippen molar-refractivity contribution in [2.45, 2.75) is 82.2 Å². The van der Waals surface area contributed by atoms with Gasteiger partial charge in [0.2, 0.25) is 0 Å². The molecular weight excluding hydrogens is 567 g/mol. The molecule has 0 aliphatic carbocycles. The van der Waals surface area contributed by atoms with Crippen LogP contribution in [0.2, 0.25) is 0 Å². The largest absolute Gasteiger partial charge is 0.462 e. The van der Waals surface area contributed by atoms with Gasteiger partial charge in [0, 0.05) is 0 Å². The maximum Gasteiger partial charge on any atom is 0.462 e. The summed E-state index contributed by atoms with van der Waals surface area (Å²) in [5.41, 5.74) is -1.44. The summed E-state index contributed by atoms with van der Waals surface area (Å²) in [6, 6.07) is 0. The molecule has 0 unspecified atom stereocenters. The highest BCUT2D eigenvalue weighted by molar-refractivity contribution is 5.79. The predicted molar refractivity (Wildman–Crippen MR) is 77.9 cm³/mol. The SMILES string of the molecule is C[C@H](OC(=O)[C@@](F)(OC(F)(F)[C@](F)(OC(F)(F)C(F)(F)C(F)(F)F)C(F)(F)F)C(F)(F)F)C(C)(C)C. The highest BCUT2D eigenvalue weighted by atomic mass is 19.4. The summed E-state index contributed by atoms with van der Waals surface area (Å²) >= 11 is 0. The zero-order valence-corrected chi connectivity index (χ0v) is 17.6. The van der Waals surface area contributed by atoms with E-state index in [1.54, 1.807) is 0 Å². The molecule has 0 rings (SSSR count). The molecule has 0 N–H and O–H groups in total. The van der Waals surface area contributed by atoms with Crippen molar-refractivity contribution in [3.8, 4) is 0 Å². The van der Waals surface area contributed by atoms with Crippen molar-refractivity contribution in [1.29, 1.82) is 0 Å². The molecule has 0 aliphatic heterocycles. The Kier molecular flexibility index (Phi) is 8.73. The van der Waals surface area contributed by atoms with Crippen LogP contribution in [0, 0.1) is 5.41 Å². The summed E-state index contributed by atoms with van der Waals surface area (Å²) in [7, 11) is 0. The normalized spacial score (nSPS) is 19.4. The topological polar surface area (TPSA) is 44.8 Å². The monoisotopic (exact) mass is 580 g/mol.